The van der Waals surface area contributed by atoms with Gasteiger partial charge in [-0.25, -0.2) is 0 Å². The van der Waals surface area contributed by atoms with E-state index in [0.29, 0.717) is 0 Å². The minimum Gasteiger partial charge on any atom is -0.297 e. The van der Waals surface area contributed by atoms with Crippen molar-refractivity contribution in [1.82, 2.24) is 0 Å². The summed E-state index contributed by atoms with van der Waals surface area (Å²) in [5.74, 6) is 0. The Labute approximate surface area is 90.8 Å². The quantitative estimate of drug-likeness (QED) is 0.457. The molecule has 0 spiro atoms. The summed E-state index contributed by atoms with van der Waals surface area (Å²) >= 11 is 6.95. The number of hydrogen-bond acceptors (Lipinski definition) is 2. The molecule has 0 amide bonds. The van der Waals surface area contributed by atoms with E-state index < -0.39 is 0 Å². The predicted octanol–water partition coefficient (Wildman–Crippen LogP) is 3.49. The van der Waals surface area contributed by atoms with Crippen LogP contribution in [0.2, 0.25) is 0 Å². The van der Waals surface area contributed by atoms with Crippen molar-refractivity contribution in [2.45, 2.75) is 0 Å². The van der Waals surface area contributed by atoms with Crippen LogP contribution in [0.25, 0.3) is 6.08 Å². The summed E-state index contributed by atoms with van der Waals surface area (Å²) in [4.78, 5) is 11.3. The molecule has 0 atom stereocenters. The van der Waals surface area contributed by atoms with E-state index in [2.05, 4.69) is 15.9 Å². The molecule has 1 heterocycles. The monoisotopic (exact) mass is 342 g/mol. The van der Waals surface area contributed by atoms with Gasteiger partial charge in [0.1, 0.15) is 0 Å². The van der Waals surface area contributed by atoms with Crippen LogP contribution < -0.4 is 0 Å². The molecule has 4 heteroatoms. The predicted molar refractivity (Wildman–Crippen MR) is 60.1 cm³/mol. The maximum atomic E-state index is 10.2. The van der Waals surface area contributed by atoms with Crippen LogP contribution >= 0.6 is 49.9 Å². The maximum absolute atomic E-state index is 10.2. The van der Waals surface area contributed by atoms with Gasteiger partial charge in [-0.3, -0.25) is 4.79 Å². The third-order valence-corrected chi connectivity index (χ3v) is 3.12. The first-order valence-corrected chi connectivity index (χ1v) is 5.49. The van der Waals surface area contributed by atoms with Crippen LogP contribution in [-0.2, 0) is 4.79 Å². The van der Waals surface area contributed by atoms with Crippen LogP contribution in [0.3, 0.4) is 0 Å². The van der Waals surface area contributed by atoms with Crippen molar-refractivity contribution in [3.8, 4) is 0 Å². The summed E-state index contributed by atoms with van der Waals surface area (Å²) in [6.07, 6.45) is 2.69. The maximum Gasteiger partial charge on any atom is 0.156 e. The highest BCUT2D eigenvalue weighted by Crippen LogP contribution is 2.24. The minimum absolute atomic E-state index is 0.719. The number of allylic oxidation sites excluding steroid dienone is 1. The van der Waals surface area contributed by atoms with Gasteiger partial charge in [0.2, 0.25) is 0 Å². The van der Waals surface area contributed by atoms with E-state index in [1.54, 1.807) is 11.3 Å². The number of carbonyl (C=O) groups excluding carboxylic acids is 1. The molecule has 0 fully saturated rings. The summed E-state index contributed by atoms with van der Waals surface area (Å²) in [7, 11) is 0. The lowest BCUT2D eigenvalue weighted by molar-refractivity contribution is -0.104. The fourth-order valence-corrected chi connectivity index (χ4v) is 2.50. The van der Waals surface area contributed by atoms with Crippen molar-refractivity contribution >= 4 is 62.2 Å². The Hall–Kier alpha value is 0.320. The number of thiophene rings is 1. The van der Waals surface area contributed by atoms with Crippen LogP contribution in [0.5, 0.6) is 0 Å². The Morgan fingerprint density at radius 2 is 2.36 bits per heavy atom. The van der Waals surface area contributed by atoms with Gasteiger partial charge in [0.15, 0.2) is 6.29 Å². The normalized spacial score (nSPS) is 11.6. The first kappa shape index (κ1) is 9.41. The van der Waals surface area contributed by atoms with Gasteiger partial charge in [-0.05, 0) is 56.7 Å². The second kappa shape index (κ2) is 4.37. The molecule has 0 aromatic carbocycles. The van der Waals surface area contributed by atoms with E-state index in [0.717, 1.165) is 18.5 Å². The lowest BCUT2D eigenvalue weighted by Crippen LogP contribution is -1.67. The minimum atomic E-state index is 0.719. The fourth-order valence-electron chi connectivity index (χ4n) is 0.576. The SMILES string of the molecule is O=C/C(I)=C/c1ccc(Br)s1. The highest BCUT2D eigenvalue weighted by Gasteiger charge is 1.94. The highest BCUT2D eigenvalue weighted by atomic mass is 127. The smallest absolute Gasteiger partial charge is 0.156 e. The molecular weight excluding hydrogens is 339 g/mol. The van der Waals surface area contributed by atoms with E-state index in [-0.39, 0.29) is 0 Å². The molecule has 0 bridgehead atoms. The van der Waals surface area contributed by atoms with E-state index in [9.17, 15) is 4.79 Å². The molecule has 1 aromatic rings. The topological polar surface area (TPSA) is 17.1 Å². The lowest BCUT2D eigenvalue weighted by Gasteiger charge is -1.82. The Morgan fingerprint density at radius 3 is 2.82 bits per heavy atom. The summed E-state index contributed by atoms with van der Waals surface area (Å²) in [6, 6.07) is 3.93. The van der Waals surface area contributed by atoms with E-state index in [4.69, 9.17) is 0 Å². The van der Waals surface area contributed by atoms with Gasteiger partial charge in [-0.2, -0.15) is 0 Å². The second-order valence-corrected chi connectivity index (χ2v) is 5.53. The molecule has 1 nitrogen and oxygen atoms in total. The van der Waals surface area contributed by atoms with Gasteiger partial charge in [-0.1, -0.05) is 0 Å². The third kappa shape index (κ3) is 3.04. The van der Waals surface area contributed by atoms with Gasteiger partial charge in [0.25, 0.3) is 0 Å². The first-order chi connectivity index (χ1) is 5.22. The molecule has 58 valence electrons. The lowest BCUT2D eigenvalue weighted by atomic mass is 10.4. The van der Waals surface area contributed by atoms with E-state index in [1.807, 2.05) is 40.8 Å². The van der Waals surface area contributed by atoms with Crippen molar-refractivity contribution in [3.05, 3.63) is 24.4 Å². The Morgan fingerprint density at radius 1 is 1.64 bits per heavy atom. The molecule has 0 aliphatic rings. The third-order valence-electron chi connectivity index (χ3n) is 0.987. The molecule has 0 N–H and O–H groups in total. The Kier molecular flexibility index (Phi) is 3.74. The zero-order chi connectivity index (χ0) is 8.27. The number of aldehydes is 1. The van der Waals surface area contributed by atoms with Crippen LogP contribution in [0.15, 0.2) is 19.5 Å². The highest BCUT2D eigenvalue weighted by molar-refractivity contribution is 14.1. The number of carbonyl (C=O) groups is 1. The van der Waals surface area contributed by atoms with Crippen molar-refractivity contribution in [2.75, 3.05) is 0 Å². The number of rotatable bonds is 2. The molecular formula is C7H4BrIOS. The van der Waals surface area contributed by atoms with Crippen LogP contribution in [-0.4, -0.2) is 6.29 Å². The molecule has 11 heavy (non-hydrogen) atoms. The molecule has 0 aliphatic carbocycles. The zero-order valence-electron chi connectivity index (χ0n) is 5.38. The summed E-state index contributed by atoms with van der Waals surface area (Å²) in [5.41, 5.74) is 0. The summed E-state index contributed by atoms with van der Waals surface area (Å²) < 4.78 is 1.80. The average molecular weight is 343 g/mol. The average Bonchev–Trinajstić information content (AvgIpc) is 2.35. The van der Waals surface area contributed by atoms with Crippen molar-refractivity contribution in [1.29, 1.82) is 0 Å². The number of hydrogen-bond donors (Lipinski definition) is 0. The van der Waals surface area contributed by atoms with Crippen molar-refractivity contribution in [2.24, 2.45) is 0 Å². The Balaban J connectivity index is 2.86. The van der Waals surface area contributed by atoms with Gasteiger partial charge in [0, 0.05) is 4.88 Å². The Bertz CT molecular complexity index is 292. The summed E-state index contributed by atoms with van der Waals surface area (Å²) in [5, 5.41) is 0. The van der Waals surface area contributed by atoms with Gasteiger partial charge in [-0.15, -0.1) is 11.3 Å². The van der Waals surface area contributed by atoms with Crippen LogP contribution in [0, 0.1) is 0 Å². The standard InChI is InChI=1S/C7H4BrIOS/c8-7-2-1-6(11-7)3-5(9)4-10/h1-4H/b5-3-. The van der Waals surface area contributed by atoms with Crippen LogP contribution in [0.4, 0.5) is 0 Å². The molecule has 0 radical (unpaired) electrons. The molecule has 0 aliphatic heterocycles. The summed E-state index contributed by atoms with van der Waals surface area (Å²) in [6.45, 7) is 0. The second-order valence-electron chi connectivity index (χ2n) is 1.79. The molecule has 1 aromatic heterocycles. The molecule has 0 unspecified atom stereocenters. The van der Waals surface area contributed by atoms with Crippen molar-refractivity contribution < 1.29 is 4.79 Å². The van der Waals surface area contributed by atoms with Gasteiger partial charge in [0.05, 0.1) is 7.37 Å². The molecule has 1 rings (SSSR count). The van der Waals surface area contributed by atoms with E-state index >= 15 is 0 Å². The van der Waals surface area contributed by atoms with E-state index in [1.165, 1.54) is 0 Å². The largest absolute Gasteiger partial charge is 0.297 e. The fraction of sp³-hybridized carbons (Fsp3) is 0. The molecule has 0 saturated heterocycles. The van der Waals surface area contributed by atoms with Gasteiger partial charge < -0.3 is 0 Å². The number of halogens is 2. The van der Waals surface area contributed by atoms with Crippen LogP contribution in [0.1, 0.15) is 4.88 Å². The molecule has 0 saturated carbocycles. The van der Waals surface area contributed by atoms with Gasteiger partial charge >= 0.3 is 0 Å². The first-order valence-electron chi connectivity index (χ1n) is 2.80. The van der Waals surface area contributed by atoms with Crippen molar-refractivity contribution in [3.63, 3.8) is 0 Å². The zero-order valence-corrected chi connectivity index (χ0v) is 9.94.